The molecule has 1 heterocycles. The second-order valence-corrected chi connectivity index (χ2v) is 6.47. The summed E-state index contributed by atoms with van der Waals surface area (Å²) in [6.07, 6.45) is 8.28. The van der Waals surface area contributed by atoms with E-state index in [1.807, 2.05) is 43.3 Å². The second-order valence-electron chi connectivity index (χ2n) is 6.47. The zero-order valence-electron chi connectivity index (χ0n) is 16.5. The lowest BCUT2D eigenvalue weighted by atomic mass is 10.2. The van der Waals surface area contributed by atoms with Gasteiger partial charge in [-0.25, -0.2) is 9.98 Å². The molecule has 0 amide bonds. The molecule has 0 bridgehead atoms. The molecule has 0 saturated carbocycles. The van der Waals surface area contributed by atoms with Crippen LogP contribution in [0.2, 0.25) is 0 Å². The van der Waals surface area contributed by atoms with Crippen LogP contribution in [0.5, 0.6) is 17.4 Å². The number of hydrogen-bond acceptors (Lipinski definition) is 4. The highest BCUT2D eigenvalue weighted by Crippen LogP contribution is 2.30. The van der Waals surface area contributed by atoms with Gasteiger partial charge < -0.3 is 20.1 Å². The van der Waals surface area contributed by atoms with Gasteiger partial charge in [-0.15, -0.1) is 0 Å². The molecule has 2 aromatic rings. The summed E-state index contributed by atoms with van der Waals surface area (Å²) >= 11 is 0. The van der Waals surface area contributed by atoms with Crippen LogP contribution in [-0.4, -0.2) is 30.1 Å². The van der Waals surface area contributed by atoms with E-state index < -0.39 is 0 Å². The Bertz CT molecular complexity index is 794. The Morgan fingerprint density at radius 1 is 1.11 bits per heavy atom. The summed E-state index contributed by atoms with van der Waals surface area (Å²) in [5, 5.41) is 6.76. The van der Waals surface area contributed by atoms with Crippen molar-refractivity contribution >= 4 is 5.96 Å². The molecule has 1 aromatic carbocycles. The van der Waals surface area contributed by atoms with Gasteiger partial charge in [-0.05, 0) is 44.4 Å². The van der Waals surface area contributed by atoms with Gasteiger partial charge in [0.1, 0.15) is 0 Å². The second kappa shape index (κ2) is 10.3. The fourth-order valence-electron chi connectivity index (χ4n) is 2.91. The Hall–Kier alpha value is -3.02. The molecule has 28 heavy (non-hydrogen) atoms. The van der Waals surface area contributed by atoms with E-state index in [0.717, 1.165) is 30.9 Å². The van der Waals surface area contributed by atoms with Gasteiger partial charge in [0.15, 0.2) is 17.5 Å². The molecule has 1 aliphatic carbocycles. The first-order valence-electron chi connectivity index (χ1n) is 9.83. The van der Waals surface area contributed by atoms with Gasteiger partial charge in [-0.3, -0.25) is 0 Å². The van der Waals surface area contributed by atoms with Gasteiger partial charge in [0.05, 0.1) is 13.2 Å². The number of nitrogens with zero attached hydrogens (tertiary/aromatic N) is 2. The molecule has 0 radical (unpaired) electrons. The summed E-state index contributed by atoms with van der Waals surface area (Å²) in [5.74, 6) is 2.73. The van der Waals surface area contributed by atoms with Crippen LogP contribution in [0.3, 0.4) is 0 Å². The number of aliphatic imine (C=N–C) groups is 1. The van der Waals surface area contributed by atoms with E-state index in [4.69, 9.17) is 9.47 Å². The molecular weight excluding hydrogens is 352 g/mol. The zero-order chi connectivity index (χ0) is 19.6. The van der Waals surface area contributed by atoms with Crippen molar-refractivity contribution in [3.8, 4) is 17.4 Å². The minimum Gasteiger partial charge on any atom is -0.490 e. The fourth-order valence-corrected chi connectivity index (χ4v) is 2.91. The van der Waals surface area contributed by atoms with Gasteiger partial charge in [0, 0.05) is 24.8 Å². The van der Waals surface area contributed by atoms with E-state index in [2.05, 4.69) is 39.7 Å². The standard InChI is InChI=1S/C22H28N4O2/c1-3-23-22(26-18-9-5-6-10-18)25-16-17-13-14-21(24-15-17)28-20-12-8-7-11-19(20)27-4-2/h5-8,11-15,18H,3-4,9-10,16H2,1-2H3,(H2,23,25,26). The normalized spacial score (nSPS) is 14.1. The maximum absolute atomic E-state index is 5.87. The van der Waals surface area contributed by atoms with Gasteiger partial charge in [-0.1, -0.05) is 30.4 Å². The molecule has 3 rings (SSSR count). The Kier molecular flexibility index (Phi) is 7.29. The van der Waals surface area contributed by atoms with Crippen LogP contribution >= 0.6 is 0 Å². The molecule has 0 unspecified atom stereocenters. The molecule has 6 heteroatoms. The number of aromatic nitrogens is 1. The molecule has 2 N–H and O–H groups in total. The van der Waals surface area contributed by atoms with Crippen LogP contribution in [0.4, 0.5) is 0 Å². The highest BCUT2D eigenvalue weighted by atomic mass is 16.5. The third-order valence-corrected chi connectivity index (χ3v) is 4.27. The minimum atomic E-state index is 0.428. The van der Waals surface area contributed by atoms with E-state index in [9.17, 15) is 0 Å². The number of benzene rings is 1. The Balaban J connectivity index is 1.60. The largest absolute Gasteiger partial charge is 0.490 e. The summed E-state index contributed by atoms with van der Waals surface area (Å²) in [6.45, 7) is 5.99. The molecule has 0 aliphatic heterocycles. The van der Waals surface area contributed by atoms with E-state index in [0.29, 0.717) is 36.6 Å². The van der Waals surface area contributed by atoms with Crippen LogP contribution in [0.1, 0.15) is 32.3 Å². The summed E-state index contributed by atoms with van der Waals surface area (Å²) < 4.78 is 11.5. The Morgan fingerprint density at radius 2 is 1.89 bits per heavy atom. The predicted molar refractivity (Wildman–Crippen MR) is 112 cm³/mol. The van der Waals surface area contributed by atoms with E-state index >= 15 is 0 Å². The zero-order valence-corrected chi connectivity index (χ0v) is 16.5. The Morgan fingerprint density at radius 3 is 2.57 bits per heavy atom. The van der Waals surface area contributed by atoms with Gasteiger partial charge >= 0.3 is 0 Å². The van der Waals surface area contributed by atoms with Gasteiger partial charge in [0.2, 0.25) is 5.88 Å². The van der Waals surface area contributed by atoms with Crippen molar-refractivity contribution in [1.82, 2.24) is 15.6 Å². The maximum atomic E-state index is 5.87. The number of para-hydroxylation sites is 2. The molecule has 6 nitrogen and oxygen atoms in total. The van der Waals surface area contributed by atoms with Gasteiger partial charge in [-0.2, -0.15) is 0 Å². The molecule has 0 atom stereocenters. The first kappa shape index (κ1) is 19.7. The highest BCUT2D eigenvalue weighted by Gasteiger charge is 2.11. The smallest absolute Gasteiger partial charge is 0.219 e. The third-order valence-electron chi connectivity index (χ3n) is 4.27. The number of nitrogens with one attached hydrogen (secondary N) is 2. The summed E-state index contributed by atoms with van der Waals surface area (Å²) in [7, 11) is 0. The predicted octanol–water partition coefficient (Wildman–Crippen LogP) is 4.05. The average molecular weight is 380 g/mol. The van der Waals surface area contributed by atoms with Crippen molar-refractivity contribution in [3.05, 3.63) is 60.3 Å². The SMILES string of the molecule is CCNC(=NCc1ccc(Oc2ccccc2OCC)nc1)NC1CC=CC1. The van der Waals surface area contributed by atoms with Crippen LogP contribution in [0, 0.1) is 0 Å². The lowest BCUT2D eigenvalue weighted by molar-refractivity contribution is 0.319. The van der Waals surface area contributed by atoms with Gasteiger partial charge in [0.25, 0.3) is 0 Å². The first-order chi connectivity index (χ1) is 13.8. The number of hydrogen-bond donors (Lipinski definition) is 2. The van der Waals surface area contributed by atoms with Crippen LogP contribution in [0.25, 0.3) is 0 Å². The van der Waals surface area contributed by atoms with E-state index in [1.54, 1.807) is 6.20 Å². The summed E-state index contributed by atoms with van der Waals surface area (Å²) in [6, 6.07) is 11.9. The first-order valence-corrected chi connectivity index (χ1v) is 9.83. The monoisotopic (exact) mass is 380 g/mol. The quantitative estimate of drug-likeness (QED) is 0.411. The third kappa shape index (κ3) is 5.74. The van der Waals surface area contributed by atoms with Crippen LogP contribution < -0.4 is 20.1 Å². The van der Waals surface area contributed by atoms with Crippen molar-refractivity contribution < 1.29 is 9.47 Å². The van der Waals surface area contributed by atoms with Crippen molar-refractivity contribution in [3.63, 3.8) is 0 Å². The lowest BCUT2D eigenvalue weighted by Gasteiger charge is -2.16. The highest BCUT2D eigenvalue weighted by molar-refractivity contribution is 5.80. The Labute approximate surface area is 166 Å². The molecular formula is C22H28N4O2. The van der Waals surface area contributed by atoms with E-state index in [1.165, 1.54) is 0 Å². The minimum absolute atomic E-state index is 0.428. The van der Waals surface area contributed by atoms with Crippen LogP contribution in [0.15, 0.2) is 59.7 Å². The van der Waals surface area contributed by atoms with E-state index in [-0.39, 0.29) is 0 Å². The number of ether oxygens (including phenoxy) is 2. The summed E-state index contributed by atoms with van der Waals surface area (Å²) in [4.78, 5) is 9.07. The van der Waals surface area contributed by atoms with Crippen molar-refractivity contribution in [1.29, 1.82) is 0 Å². The van der Waals surface area contributed by atoms with Crippen molar-refractivity contribution in [2.45, 2.75) is 39.3 Å². The molecule has 1 aromatic heterocycles. The molecule has 0 spiro atoms. The molecule has 0 fully saturated rings. The lowest BCUT2D eigenvalue weighted by Crippen LogP contribution is -2.42. The van der Waals surface area contributed by atoms with Crippen molar-refractivity contribution in [2.24, 2.45) is 4.99 Å². The molecule has 0 saturated heterocycles. The van der Waals surface area contributed by atoms with Crippen molar-refractivity contribution in [2.75, 3.05) is 13.2 Å². The molecule has 148 valence electrons. The summed E-state index contributed by atoms with van der Waals surface area (Å²) in [5.41, 5.74) is 1.02. The fraction of sp³-hybridized carbons (Fsp3) is 0.364. The topological polar surface area (TPSA) is 67.8 Å². The van der Waals surface area contributed by atoms with Crippen LogP contribution in [-0.2, 0) is 6.54 Å². The maximum Gasteiger partial charge on any atom is 0.219 e. The number of pyridine rings is 1. The number of rotatable bonds is 8. The average Bonchev–Trinajstić information content (AvgIpc) is 3.22. The number of guanidine groups is 1. The molecule has 1 aliphatic rings.